The number of amides is 1. The number of furan rings is 1. The van der Waals surface area contributed by atoms with Crippen molar-refractivity contribution in [3.63, 3.8) is 0 Å². The van der Waals surface area contributed by atoms with Gasteiger partial charge in [0.2, 0.25) is 5.76 Å². The van der Waals surface area contributed by atoms with Crippen LogP contribution < -0.4 is 5.32 Å². The van der Waals surface area contributed by atoms with E-state index in [1.54, 1.807) is 0 Å². The van der Waals surface area contributed by atoms with Crippen molar-refractivity contribution >= 4 is 11.9 Å². The molecule has 1 amide bonds. The third kappa shape index (κ3) is 2.43. The van der Waals surface area contributed by atoms with Crippen LogP contribution in [0.5, 0.6) is 0 Å². The molecule has 20 heavy (non-hydrogen) atoms. The Labute approximate surface area is 116 Å². The van der Waals surface area contributed by atoms with Crippen LogP contribution in [0.25, 0.3) is 0 Å². The molecule has 6 heteroatoms. The number of carbonyl (C=O) groups is 2. The first-order valence-electron chi connectivity index (χ1n) is 6.91. The molecule has 108 valence electrons. The summed E-state index contributed by atoms with van der Waals surface area (Å²) in [6.45, 7) is 0.756. The van der Waals surface area contributed by atoms with Crippen LogP contribution in [-0.2, 0) is 4.74 Å². The van der Waals surface area contributed by atoms with E-state index in [9.17, 15) is 9.59 Å². The second kappa shape index (κ2) is 5.28. The number of ether oxygens (including phenoxy) is 1. The number of rotatable bonds is 3. The molecule has 2 N–H and O–H groups in total. The van der Waals surface area contributed by atoms with Crippen molar-refractivity contribution in [2.24, 2.45) is 5.92 Å². The zero-order chi connectivity index (χ0) is 14.1. The Morgan fingerprint density at radius 1 is 1.20 bits per heavy atom. The molecule has 1 aliphatic heterocycles. The highest BCUT2D eigenvalue weighted by Gasteiger charge is 2.38. The van der Waals surface area contributed by atoms with Gasteiger partial charge in [-0.05, 0) is 37.8 Å². The fraction of sp³-hybridized carbons (Fsp3) is 0.571. The highest BCUT2D eigenvalue weighted by Crippen LogP contribution is 2.34. The van der Waals surface area contributed by atoms with Gasteiger partial charge in [-0.3, -0.25) is 4.79 Å². The Morgan fingerprint density at radius 2 is 2.00 bits per heavy atom. The highest BCUT2D eigenvalue weighted by atomic mass is 16.5. The molecule has 0 radical (unpaired) electrons. The predicted molar refractivity (Wildman–Crippen MR) is 68.6 cm³/mol. The van der Waals surface area contributed by atoms with E-state index in [0.29, 0.717) is 5.92 Å². The Kier molecular flexibility index (Phi) is 3.48. The molecule has 1 saturated carbocycles. The lowest BCUT2D eigenvalue weighted by Crippen LogP contribution is -2.45. The van der Waals surface area contributed by atoms with E-state index in [1.807, 2.05) is 0 Å². The van der Waals surface area contributed by atoms with E-state index in [1.165, 1.54) is 12.1 Å². The number of hydrogen-bond donors (Lipinski definition) is 2. The summed E-state index contributed by atoms with van der Waals surface area (Å²) in [6.07, 6.45) is 4.24. The summed E-state index contributed by atoms with van der Waals surface area (Å²) in [4.78, 5) is 22.8. The molecular weight excluding hydrogens is 262 g/mol. The summed E-state index contributed by atoms with van der Waals surface area (Å²) in [5.74, 6) is -1.34. The van der Waals surface area contributed by atoms with Gasteiger partial charge in [0.1, 0.15) is 0 Å². The van der Waals surface area contributed by atoms with E-state index in [0.717, 1.165) is 32.3 Å². The second-order valence-corrected chi connectivity index (χ2v) is 5.34. The fourth-order valence-corrected chi connectivity index (χ4v) is 3.17. The molecule has 0 aromatic carbocycles. The van der Waals surface area contributed by atoms with Crippen molar-refractivity contribution in [3.8, 4) is 0 Å². The summed E-state index contributed by atoms with van der Waals surface area (Å²) in [6, 6.07) is 2.77. The maximum Gasteiger partial charge on any atom is 0.371 e. The summed E-state index contributed by atoms with van der Waals surface area (Å²) >= 11 is 0. The Hall–Kier alpha value is -1.82. The van der Waals surface area contributed by atoms with Crippen molar-refractivity contribution in [1.29, 1.82) is 0 Å². The van der Waals surface area contributed by atoms with E-state index in [-0.39, 0.29) is 29.6 Å². The molecule has 3 atom stereocenters. The summed E-state index contributed by atoms with van der Waals surface area (Å²) in [5.41, 5.74) is 0. The maximum absolute atomic E-state index is 12.1. The molecule has 1 aromatic heterocycles. The first-order chi connectivity index (χ1) is 9.65. The van der Waals surface area contributed by atoms with Crippen molar-refractivity contribution in [3.05, 3.63) is 23.7 Å². The molecule has 0 spiro atoms. The topological polar surface area (TPSA) is 88.8 Å². The van der Waals surface area contributed by atoms with Crippen LogP contribution in [0.1, 0.15) is 46.8 Å². The van der Waals surface area contributed by atoms with Crippen molar-refractivity contribution in [2.75, 3.05) is 6.61 Å². The average Bonchev–Trinajstić information content (AvgIpc) is 3.08. The van der Waals surface area contributed by atoms with Crippen molar-refractivity contribution < 1.29 is 23.8 Å². The summed E-state index contributed by atoms with van der Waals surface area (Å²) < 4.78 is 10.7. The number of aromatic carboxylic acids is 1. The third-order valence-corrected chi connectivity index (χ3v) is 4.14. The van der Waals surface area contributed by atoms with E-state index >= 15 is 0 Å². The van der Waals surface area contributed by atoms with Gasteiger partial charge >= 0.3 is 5.97 Å². The normalized spacial score (nSPS) is 28.9. The first kappa shape index (κ1) is 13.2. The van der Waals surface area contributed by atoms with E-state index in [4.69, 9.17) is 14.3 Å². The number of carboxylic acids is 1. The lowest BCUT2D eigenvalue weighted by molar-refractivity contribution is 0.0504. The lowest BCUT2D eigenvalue weighted by atomic mass is 9.82. The number of fused-ring (bicyclic) bond motifs is 1. The lowest BCUT2D eigenvalue weighted by Gasteiger charge is -2.32. The molecule has 3 rings (SSSR count). The van der Waals surface area contributed by atoms with Gasteiger partial charge in [0.05, 0.1) is 6.10 Å². The van der Waals surface area contributed by atoms with Gasteiger partial charge in [0.25, 0.3) is 5.91 Å². The van der Waals surface area contributed by atoms with Crippen LogP contribution in [-0.4, -0.2) is 35.7 Å². The van der Waals surface area contributed by atoms with Crippen LogP contribution in [0.15, 0.2) is 16.5 Å². The number of carbonyl (C=O) groups excluding carboxylic acids is 1. The molecule has 2 heterocycles. The molecule has 1 saturated heterocycles. The van der Waals surface area contributed by atoms with Crippen molar-refractivity contribution in [2.45, 2.75) is 37.8 Å². The van der Waals surface area contributed by atoms with Crippen molar-refractivity contribution in [1.82, 2.24) is 5.32 Å². The molecule has 2 fully saturated rings. The van der Waals surface area contributed by atoms with Gasteiger partial charge in [-0.25, -0.2) is 4.79 Å². The second-order valence-electron chi connectivity index (χ2n) is 5.34. The minimum atomic E-state index is -1.18. The van der Waals surface area contributed by atoms with Crippen LogP contribution in [0, 0.1) is 5.92 Å². The van der Waals surface area contributed by atoms with Gasteiger partial charge in [-0.1, -0.05) is 0 Å². The Morgan fingerprint density at radius 3 is 2.75 bits per heavy atom. The van der Waals surface area contributed by atoms with Crippen LogP contribution in [0.4, 0.5) is 0 Å². The first-order valence-corrected chi connectivity index (χ1v) is 6.91. The largest absolute Gasteiger partial charge is 0.475 e. The number of nitrogens with one attached hydrogen (secondary N) is 1. The molecule has 6 nitrogen and oxygen atoms in total. The average molecular weight is 279 g/mol. The monoisotopic (exact) mass is 279 g/mol. The SMILES string of the molecule is O=C(O)c1ccc(C(=O)NC2CCCC3OCCC23)o1. The minimum Gasteiger partial charge on any atom is -0.475 e. The van der Waals surface area contributed by atoms with Gasteiger partial charge in [-0.15, -0.1) is 0 Å². The Bertz CT molecular complexity index is 523. The standard InChI is InChI=1S/C14H17NO5/c16-13(11-4-5-12(20-11)14(17)18)15-9-2-1-3-10-8(9)6-7-19-10/h4-5,8-10H,1-3,6-7H2,(H,15,16)(H,17,18). The molecule has 1 aliphatic carbocycles. The minimum absolute atomic E-state index is 0.0449. The number of carboxylic acid groups (broad SMARTS) is 1. The highest BCUT2D eigenvalue weighted by molar-refractivity contribution is 5.93. The molecule has 1 aromatic rings. The zero-order valence-corrected chi connectivity index (χ0v) is 11.0. The van der Waals surface area contributed by atoms with Crippen LogP contribution in [0.2, 0.25) is 0 Å². The molecular formula is C14H17NO5. The molecule has 2 aliphatic rings. The molecule has 0 bridgehead atoms. The smallest absolute Gasteiger partial charge is 0.371 e. The van der Waals surface area contributed by atoms with E-state index in [2.05, 4.69) is 5.32 Å². The van der Waals surface area contributed by atoms with E-state index < -0.39 is 5.97 Å². The number of hydrogen-bond acceptors (Lipinski definition) is 4. The maximum atomic E-state index is 12.1. The fourth-order valence-electron chi connectivity index (χ4n) is 3.17. The quantitative estimate of drug-likeness (QED) is 0.878. The van der Waals surface area contributed by atoms with Gasteiger partial charge < -0.3 is 19.6 Å². The zero-order valence-electron chi connectivity index (χ0n) is 11.0. The van der Waals surface area contributed by atoms with Crippen LogP contribution in [0.3, 0.4) is 0 Å². The predicted octanol–water partition coefficient (Wildman–Crippen LogP) is 1.67. The summed E-state index contributed by atoms with van der Waals surface area (Å²) in [7, 11) is 0. The third-order valence-electron chi connectivity index (χ3n) is 4.14. The van der Waals surface area contributed by atoms with Gasteiger partial charge in [0, 0.05) is 18.6 Å². The van der Waals surface area contributed by atoms with Gasteiger partial charge in [-0.2, -0.15) is 0 Å². The van der Waals surface area contributed by atoms with Crippen LogP contribution >= 0.6 is 0 Å². The summed E-state index contributed by atoms with van der Waals surface area (Å²) in [5, 5.41) is 11.7. The van der Waals surface area contributed by atoms with Gasteiger partial charge in [0.15, 0.2) is 5.76 Å². The molecule has 3 unspecified atom stereocenters. The Balaban J connectivity index is 1.67.